The largest absolute Gasteiger partial charge is 0.472 e. The SMILES string of the molecule is CCCCCCCCCCCCCCCCCC/C=C\CCCCCCCCCCCCCCCCCCCC(=O)NC(COP(=O)(O)OCC[N+](C)(C)C)C(O)CCCCCCCCCCCCCCC. The topological polar surface area (TPSA) is 105 Å². The maximum absolute atomic E-state index is 13.0. The molecule has 0 rings (SSSR count). The number of nitrogens with one attached hydrogen (secondary N) is 1. The third kappa shape index (κ3) is 57.0. The van der Waals surface area contributed by atoms with E-state index in [0.717, 1.165) is 38.5 Å². The number of rotatable bonds is 60. The number of aliphatic hydroxyl groups excluding tert-OH is 1. The molecule has 0 saturated heterocycles. The molecule has 0 aliphatic rings. The highest BCUT2D eigenvalue weighted by molar-refractivity contribution is 7.47. The van der Waals surface area contributed by atoms with E-state index in [-0.39, 0.29) is 19.1 Å². The van der Waals surface area contributed by atoms with Crippen LogP contribution in [-0.4, -0.2) is 73.4 Å². The number of phosphoric acid groups is 1. The van der Waals surface area contributed by atoms with Crippen LogP contribution in [0.15, 0.2) is 12.2 Å². The Morgan fingerprint density at radius 1 is 0.458 bits per heavy atom. The predicted octanol–water partition coefficient (Wildman–Crippen LogP) is 19.8. The highest BCUT2D eigenvalue weighted by Crippen LogP contribution is 2.43. The third-order valence-corrected chi connectivity index (χ3v) is 16.0. The van der Waals surface area contributed by atoms with E-state index in [1.54, 1.807) is 0 Å². The van der Waals surface area contributed by atoms with Crippen LogP contribution < -0.4 is 5.32 Å². The van der Waals surface area contributed by atoms with E-state index in [9.17, 15) is 19.4 Å². The van der Waals surface area contributed by atoms with E-state index < -0.39 is 20.0 Å². The molecule has 3 atom stereocenters. The first kappa shape index (κ1) is 71.2. The average molecular weight is 1040 g/mol. The first-order valence-electron chi connectivity index (χ1n) is 32.1. The Bertz CT molecular complexity index is 1180. The number of allylic oxidation sites excluding steroid dienone is 2. The molecule has 0 fully saturated rings. The Balaban J connectivity index is 3.86. The molecule has 3 unspecified atom stereocenters. The minimum absolute atomic E-state index is 0.0777. The molecule has 0 radical (unpaired) electrons. The summed E-state index contributed by atoms with van der Waals surface area (Å²) in [6.45, 7) is 4.93. The molecule has 0 heterocycles. The first-order valence-corrected chi connectivity index (χ1v) is 33.5. The smallest absolute Gasteiger partial charge is 0.391 e. The summed E-state index contributed by atoms with van der Waals surface area (Å²) in [6.07, 6.45) is 68.8. The van der Waals surface area contributed by atoms with Crippen LogP contribution in [-0.2, 0) is 18.4 Å². The van der Waals surface area contributed by atoms with Gasteiger partial charge in [0.2, 0.25) is 5.91 Å². The van der Waals surface area contributed by atoms with Crippen molar-refractivity contribution in [3.63, 3.8) is 0 Å². The fourth-order valence-electron chi connectivity index (χ4n) is 9.99. The number of nitrogens with zero attached hydrogens (tertiary/aromatic N) is 1. The maximum Gasteiger partial charge on any atom is 0.472 e. The van der Waals surface area contributed by atoms with Crippen LogP contribution >= 0.6 is 7.82 Å². The van der Waals surface area contributed by atoms with Gasteiger partial charge in [0.1, 0.15) is 13.2 Å². The Morgan fingerprint density at radius 2 is 0.750 bits per heavy atom. The number of hydrogen-bond donors (Lipinski definition) is 3. The van der Waals surface area contributed by atoms with Gasteiger partial charge in [0.05, 0.1) is 39.9 Å². The number of hydrogen-bond acceptors (Lipinski definition) is 5. The molecule has 0 aliphatic heterocycles. The normalized spacial score (nSPS) is 13.8. The molecular formula is C63H128N2O6P+. The molecule has 0 spiro atoms. The lowest BCUT2D eigenvalue weighted by molar-refractivity contribution is -0.870. The quantitative estimate of drug-likeness (QED) is 0.0243. The predicted molar refractivity (Wildman–Crippen MR) is 314 cm³/mol. The van der Waals surface area contributed by atoms with Gasteiger partial charge in [-0.1, -0.05) is 302 Å². The van der Waals surface area contributed by atoms with Crippen molar-refractivity contribution < 1.29 is 32.9 Å². The van der Waals surface area contributed by atoms with Gasteiger partial charge < -0.3 is 19.8 Å². The van der Waals surface area contributed by atoms with Gasteiger partial charge in [0.25, 0.3) is 0 Å². The second-order valence-electron chi connectivity index (χ2n) is 23.5. The minimum Gasteiger partial charge on any atom is -0.391 e. The number of quaternary nitrogens is 1. The zero-order valence-electron chi connectivity index (χ0n) is 49.2. The molecule has 430 valence electrons. The monoisotopic (exact) mass is 1040 g/mol. The van der Waals surface area contributed by atoms with Crippen molar-refractivity contribution in [2.45, 2.75) is 347 Å². The molecule has 0 aromatic carbocycles. The molecular weight excluding hydrogens is 912 g/mol. The molecule has 0 aliphatic carbocycles. The highest BCUT2D eigenvalue weighted by atomic mass is 31.2. The van der Waals surface area contributed by atoms with E-state index in [0.29, 0.717) is 23.9 Å². The number of aliphatic hydroxyl groups is 1. The van der Waals surface area contributed by atoms with Gasteiger partial charge in [-0.25, -0.2) is 4.57 Å². The van der Waals surface area contributed by atoms with E-state index >= 15 is 0 Å². The van der Waals surface area contributed by atoms with Gasteiger partial charge in [0, 0.05) is 6.42 Å². The van der Waals surface area contributed by atoms with Crippen LogP contribution in [0.2, 0.25) is 0 Å². The number of likely N-dealkylation sites (N-methyl/N-ethyl adjacent to an activating group) is 1. The number of carbonyl (C=O) groups is 1. The molecule has 3 N–H and O–H groups in total. The number of carbonyl (C=O) groups excluding carboxylic acids is 1. The summed E-state index contributed by atoms with van der Waals surface area (Å²) in [6, 6.07) is -0.756. The standard InChI is InChI=1S/C63H127N2O6P/c1-6-8-10-12-14-16-18-20-21-22-23-24-25-26-27-28-29-30-31-32-33-34-35-36-37-38-39-40-41-42-43-45-47-49-51-53-55-57-63(67)64-61(60-71-72(68,69)70-59-58-65(3,4)5)62(66)56-54-52-50-48-46-44-19-17-15-13-11-9-7-2/h30-31,61-62,66H,6-29,32-60H2,1-5H3,(H-,64,67,68,69)/p+1/b31-30-. The van der Waals surface area contributed by atoms with Crippen LogP contribution in [0, 0.1) is 0 Å². The second-order valence-corrected chi connectivity index (χ2v) is 25.0. The summed E-state index contributed by atoms with van der Waals surface area (Å²) in [5, 5.41) is 14.0. The van der Waals surface area contributed by atoms with E-state index in [1.807, 2.05) is 21.1 Å². The van der Waals surface area contributed by atoms with Gasteiger partial charge in [-0.05, 0) is 38.5 Å². The van der Waals surface area contributed by atoms with Crippen molar-refractivity contribution in [3.05, 3.63) is 12.2 Å². The van der Waals surface area contributed by atoms with Crippen LogP contribution in [0.25, 0.3) is 0 Å². The van der Waals surface area contributed by atoms with Crippen molar-refractivity contribution in [1.29, 1.82) is 0 Å². The fraction of sp³-hybridized carbons (Fsp3) is 0.952. The van der Waals surface area contributed by atoms with Crippen molar-refractivity contribution in [2.75, 3.05) is 40.9 Å². The van der Waals surface area contributed by atoms with Crippen molar-refractivity contribution >= 4 is 13.7 Å². The first-order chi connectivity index (χ1) is 35.0. The van der Waals surface area contributed by atoms with Crippen LogP contribution in [0.5, 0.6) is 0 Å². The Kier molecular flexibility index (Phi) is 54.4. The summed E-state index contributed by atoms with van der Waals surface area (Å²) >= 11 is 0. The maximum atomic E-state index is 13.0. The van der Waals surface area contributed by atoms with Gasteiger partial charge in [-0.2, -0.15) is 0 Å². The zero-order valence-corrected chi connectivity index (χ0v) is 50.1. The van der Waals surface area contributed by atoms with Gasteiger partial charge >= 0.3 is 7.82 Å². The van der Waals surface area contributed by atoms with Crippen LogP contribution in [0.4, 0.5) is 0 Å². The molecule has 72 heavy (non-hydrogen) atoms. The van der Waals surface area contributed by atoms with E-state index in [2.05, 4.69) is 31.3 Å². The molecule has 0 saturated carbocycles. The summed E-state index contributed by atoms with van der Waals surface area (Å²) in [4.78, 5) is 23.3. The Hall–Kier alpha value is -0.760. The average Bonchev–Trinajstić information content (AvgIpc) is 3.34. The summed E-state index contributed by atoms with van der Waals surface area (Å²) in [5.74, 6) is -0.138. The molecule has 1 amide bonds. The van der Waals surface area contributed by atoms with Crippen molar-refractivity contribution in [2.24, 2.45) is 0 Å². The summed E-state index contributed by atoms with van der Waals surface area (Å²) in [5.41, 5.74) is 0. The van der Waals surface area contributed by atoms with Gasteiger partial charge in [-0.3, -0.25) is 13.8 Å². The lowest BCUT2D eigenvalue weighted by atomic mass is 10.0. The van der Waals surface area contributed by atoms with Gasteiger partial charge in [-0.15, -0.1) is 0 Å². The summed E-state index contributed by atoms with van der Waals surface area (Å²) in [7, 11) is 1.63. The van der Waals surface area contributed by atoms with E-state index in [4.69, 9.17) is 9.05 Å². The number of phosphoric ester groups is 1. The molecule has 9 heteroatoms. The third-order valence-electron chi connectivity index (χ3n) is 15.0. The van der Waals surface area contributed by atoms with Crippen LogP contribution in [0.3, 0.4) is 0 Å². The molecule has 0 aromatic heterocycles. The van der Waals surface area contributed by atoms with Gasteiger partial charge in [0.15, 0.2) is 0 Å². The lowest BCUT2D eigenvalue weighted by Crippen LogP contribution is -2.46. The number of unbranched alkanes of at least 4 members (excludes halogenated alkanes) is 45. The molecule has 0 bridgehead atoms. The Morgan fingerprint density at radius 3 is 1.07 bits per heavy atom. The minimum atomic E-state index is -4.32. The second kappa shape index (κ2) is 55.0. The number of amides is 1. The fourth-order valence-corrected chi connectivity index (χ4v) is 10.7. The summed E-state index contributed by atoms with van der Waals surface area (Å²) < 4.78 is 23.8. The molecule has 0 aromatic rings. The van der Waals surface area contributed by atoms with Crippen molar-refractivity contribution in [3.8, 4) is 0 Å². The Labute approximate surface area is 450 Å². The lowest BCUT2D eigenvalue weighted by Gasteiger charge is -2.26. The van der Waals surface area contributed by atoms with E-state index in [1.165, 1.54) is 270 Å². The highest BCUT2D eigenvalue weighted by Gasteiger charge is 2.28. The zero-order chi connectivity index (χ0) is 52.7. The molecule has 8 nitrogen and oxygen atoms in total. The van der Waals surface area contributed by atoms with Crippen molar-refractivity contribution in [1.82, 2.24) is 5.32 Å². The van der Waals surface area contributed by atoms with Crippen LogP contribution in [0.1, 0.15) is 335 Å².